The fourth-order valence-corrected chi connectivity index (χ4v) is 9.26. The van der Waals surface area contributed by atoms with Crippen molar-refractivity contribution in [1.29, 1.82) is 0 Å². The first-order valence-electron chi connectivity index (χ1n) is 21.7. The molecule has 3 saturated heterocycles. The van der Waals surface area contributed by atoms with Crippen LogP contribution in [0.15, 0.2) is 110 Å². The maximum Gasteiger partial charge on any atom is 0.157 e. The molecule has 8 rings (SSSR count). The molecule has 3 aromatic carbocycles. The highest BCUT2D eigenvalue weighted by molar-refractivity contribution is 7.98. The molecule has 3 aliphatic heterocycles. The molecule has 0 spiro atoms. The number of hydrogen-bond acceptors (Lipinski definition) is 9. The molecule has 2 aromatic heterocycles. The number of piperazine rings is 1. The zero-order valence-electron chi connectivity index (χ0n) is 35.6. The Morgan fingerprint density at radius 3 is 2.36 bits per heavy atom. The molecule has 5 aromatic rings. The molecular formula is C49H59F2N9S. The Bertz CT molecular complexity index is 2320. The third kappa shape index (κ3) is 10.2. The van der Waals surface area contributed by atoms with Gasteiger partial charge in [0, 0.05) is 130 Å². The Balaban J connectivity index is 0.801. The van der Waals surface area contributed by atoms with Crippen LogP contribution in [0.2, 0.25) is 0 Å². The summed E-state index contributed by atoms with van der Waals surface area (Å²) in [7, 11) is 1.89. The average Bonchev–Trinajstić information content (AvgIpc) is 3.71. The van der Waals surface area contributed by atoms with E-state index >= 15 is 8.78 Å². The van der Waals surface area contributed by atoms with Crippen LogP contribution in [0.1, 0.15) is 60.8 Å². The van der Waals surface area contributed by atoms with Crippen molar-refractivity contribution in [2.24, 2.45) is 0 Å². The number of rotatable bonds is 15. The van der Waals surface area contributed by atoms with Crippen LogP contribution in [-0.2, 0) is 6.54 Å². The largest absolute Gasteiger partial charge is 0.387 e. The molecule has 0 aliphatic carbocycles. The first kappa shape index (κ1) is 42.5. The van der Waals surface area contributed by atoms with Crippen molar-refractivity contribution in [3.63, 3.8) is 0 Å². The SMILES string of the molecule is C=C1CCC(Nc2ccc(C3CCN(C(=C)CN4CCN(Cc5ccc(-c6cnc7[nH]cc(C(=C)c8c(F)ccc(NSN(C)CC)c8F)c7c6)cc5)CC4)CC3)cc2)CN1. The van der Waals surface area contributed by atoms with Gasteiger partial charge >= 0.3 is 0 Å². The number of likely N-dealkylation sites (tertiary alicyclic amines) is 1. The molecule has 3 aliphatic rings. The molecule has 3 fully saturated rings. The molecular weight excluding hydrogens is 785 g/mol. The van der Waals surface area contributed by atoms with Gasteiger partial charge in [-0.2, -0.15) is 0 Å². The molecule has 9 nitrogen and oxygen atoms in total. The normalized spacial score (nSPS) is 18.1. The van der Waals surface area contributed by atoms with Crippen molar-refractivity contribution < 1.29 is 8.78 Å². The van der Waals surface area contributed by atoms with E-state index in [4.69, 9.17) is 0 Å². The Morgan fingerprint density at radius 2 is 1.66 bits per heavy atom. The van der Waals surface area contributed by atoms with Crippen molar-refractivity contribution >= 4 is 40.1 Å². The standard InChI is InChI=1S/C49H59F2N9S/c1-6-57(5)61-56-46-18-17-45(50)47(48(46)51)35(4)44-30-54-49-43(44)27-40(28-53-49)38-10-8-36(9-11-38)32-59-25-23-58(24-26-59)31-34(3)60-21-19-39(20-22-60)37-12-15-41(16-13-37)55-42-14-7-33(2)52-29-42/h8-13,15-18,27-28,30,39,42,52,55-56H,2-4,6-7,14,19-26,29,31-32H2,1,5H3,(H,53,54). The van der Waals surface area contributed by atoms with Crippen LogP contribution < -0.4 is 15.4 Å². The number of nitrogens with one attached hydrogen (secondary N) is 4. The zero-order chi connectivity index (χ0) is 42.5. The second-order valence-corrected chi connectivity index (χ2v) is 17.8. The summed E-state index contributed by atoms with van der Waals surface area (Å²) in [6.07, 6.45) is 8.03. The van der Waals surface area contributed by atoms with E-state index in [1.54, 1.807) is 6.20 Å². The van der Waals surface area contributed by atoms with Crippen LogP contribution in [0.4, 0.5) is 20.2 Å². The minimum Gasteiger partial charge on any atom is -0.387 e. The Morgan fingerprint density at radius 1 is 0.918 bits per heavy atom. The van der Waals surface area contributed by atoms with E-state index in [-0.39, 0.29) is 16.8 Å². The van der Waals surface area contributed by atoms with Crippen LogP contribution >= 0.6 is 12.1 Å². The predicted molar refractivity (Wildman–Crippen MR) is 250 cm³/mol. The topological polar surface area (TPSA) is 77.7 Å². The van der Waals surface area contributed by atoms with Gasteiger partial charge < -0.3 is 25.2 Å². The molecule has 0 bridgehead atoms. The van der Waals surface area contributed by atoms with Gasteiger partial charge in [-0.25, -0.2) is 18.1 Å². The highest BCUT2D eigenvalue weighted by Crippen LogP contribution is 2.36. The number of hydrogen-bond donors (Lipinski definition) is 4. The van der Waals surface area contributed by atoms with Crippen LogP contribution in [0, 0.1) is 11.6 Å². The number of H-pyrrole nitrogens is 1. The number of allylic oxidation sites excluding steroid dienone is 1. The summed E-state index contributed by atoms with van der Waals surface area (Å²) in [6.45, 7) is 24.4. The van der Waals surface area contributed by atoms with Crippen LogP contribution in [0.5, 0.6) is 0 Å². The van der Waals surface area contributed by atoms with Gasteiger partial charge in [-0.15, -0.1) is 0 Å². The third-order valence-corrected chi connectivity index (χ3v) is 13.5. The summed E-state index contributed by atoms with van der Waals surface area (Å²) in [6, 6.07) is 22.9. The quantitative estimate of drug-likeness (QED) is 0.0772. The number of nitrogens with zero attached hydrogens (tertiary/aromatic N) is 5. The van der Waals surface area contributed by atoms with Crippen LogP contribution in [0.25, 0.3) is 27.7 Å². The van der Waals surface area contributed by atoms with E-state index in [2.05, 4.69) is 108 Å². The number of piperidine rings is 2. The third-order valence-electron chi connectivity index (χ3n) is 12.7. The molecule has 320 valence electrons. The summed E-state index contributed by atoms with van der Waals surface area (Å²) >= 11 is 1.25. The molecule has 0 amide bonds. The molecule has 0 radical (unpaired) electrons. The summed E-state index contributed by atoms with van der Waals surface area (Å²) < 4.78 is 35.8. The van der Waals surface area contributed by atoms with Gasteiger partial charge in [-0.1, -0.05) is 63.1 Å². The lowest BCUT2D eigenvalue weighted by Gasteiger charge is -2.39. The smallest absolute Gasteiger partial charge is 0.157 e. The van der Waals surface area contributed by atoms with Gasteiger partial charge in [0.2, 0.25) is 0 Å². The Labute approximate surface area is 364 Å². The van der Waals surface area contributed by atoms with Crippen molar-refractivity contribution in [2.75, 3.05) is 76.0 Å². The second-order valence-electron chi connectivity index (χ2n) is 16.8. The zero-order valence-corrected chi connectivity index (χ0v) is 36.4. The second kappa shape index (κ2) is 19.3. The van der Waals surface area contributed by atoms with Gasteiger partial charge in [0.1, 0.15) is 11.5 Å². The van der Waals surface area contributed by atoms with Gasteiger partial charge in [0.05, 0.1) is 11.3 Å². The first-order valence-corrected chi connectivity index (χ1v) is 22.4. The maximum atomic E-state index is 15.7. The number of aromatic nitrogens is 2. The first-order chi connectivity index (χ1) is 29.6. The highest BCUT2D eigenvalue weighted by atomic mass is 32.2. The maximum absolute atomic E-state index is 15.7. The lowest BCUT2D eigenvalue weighted by atomic mass is 9.89. The van der Waals surface area contributed by atoms with Gasteiger partial charge in [-0.3, -0.25) is 9.80 Å². The number of fused-ring (bicyclic) bond motifs is 1. The van der Waals surface area contributed by atoms with Crippen LogP contribution in [-0.4, -0.2) is 101 Å². The predicted octanol–water partition coefficient (Wildman–Crippen LogP) is 9.68. The molecule has 1 unspecified atom stereocenters. The van der Waals surface area contributed by atoms with E-state index in [1.807, 2.05) is 30.5 Å². The molecule has 1 atom stereocenters. The van der Waals surface area contributed by atoms with Crippen molar-refractivity contribution in [3.8, 4) is 11.1 Å². The van der Waals surface area contributed by atoms with Crippen molar-refractivity contribution in [2.45, 2.75) is 51.1 Å². The van der Waals surface area contributed by atoms with Gasteiger partial charge in [0.15, 0.2) is 5.82 Å². The van der Waals surface area contributed by atoms with E-state index in [0.717, 1.165) is 113 Å². The fourth-order valence-electron chi connectivity index (χ4n) is 8.72. The van der Waals surface area contributed by atoms with Crippen molar-refractivity contribution in [1.82, 2.24) is 34.3 Å². The van der Waals surface area contributed by atoms with E-state index in [9.17, 15) is 0 Å². The molecule has 12 heteroatoms. The van der Waals surface area contributed by atoms with Gasteiger partial charge in [-0.05, 0) is 91.2 Å². The van der Waals surface area contributed by atoms with E-state index < -0.39 is 11.6 Å². The summed E-state index contributed by atoms with van der Waals surface area (Å²) in [5.74, 6) is -0.747. The number of pyridine rings is 1. The molecule has 0 saturated carbocycles. The highest BCUT2D eigenvalue weighted by Gasteiger charge is 2.25. The summed E-state index contributed by atoms with van der Waals surface area (Å²) in [4.78, 5) is 15.4. The number of halogens is 2. The summed E-state index contributed by atoms with van der Waals surface area (Å²) in [5.41, 5.74) is 9.76. The molecule has 4 N–H and O–H groups in total. The monoisotopic (exact) mass is 843 g/mol. The number of aromatic amines is 1. The Hall–Kier alpha value is -5.14. The lowest BCUT2D eigenvalue weighted by molar-refractivity contribution is 0.124. The Kier molecular flexibility index (Phi) is 13.4. The number of benzene rings is 3. The van der Waals surface area contributed by atoms with Crippen molar-refractivity contribution in [3.05, 3.63) is 144 Å². The van der Waals surface area contributed by atoms with Crippen LogP contribution in [0.3, 0.4) is 0 Å². The molecule has 5 heterocycles. The van der Waals surface area contributed by atoms with Gasteiger partial charge in [0.25, 0.3) is 0 Å². The van der Waals surface area contributed by atoms with E-state index in [0.29, 0.717) is 23.2 Å². The average molecular weight is 844 g/mol. The number of anilines is 2. The fraction of sp³-hybridized carbons (Fsp3) is 0.367. The minimum atomic E-state index is -0.680. The summed E-state index contributed by atoms with van der Waals surface area (Å²) in [5, 5.41) is 7.83. The van der Waals surface area contributed by atoms with E-state index in [1.165, 1.54) is 46.8 Å². The minimum absolute atomic E-state index is 0.159. The lowest BCUT2D eigenvalue weighted by Crippen LogP contribution is -2.47. The molecule has 61 heavy (non-hydrogen) atoms.